The van der Waals surface area contributed by atoms with Crippen LogP contribution in [0.25, 0.3) is 0 Å². The lowest BCUT2D eigenvalue weighted by atomic mass is 9.86. The fourth-order valence-corrected chi connectivity index (χ4v) is 2.41. The molecule has 1 atom stereocenters. The van der Waals surface area contributed by atoms with Crippen molar-refractivity contribution >= 4 is 11.9 Å². The van der Waals surface area contributed by atoms with Crippen LogP contribution in [0.2, 0.25) is 0 Å². The van der Waals surface area contributed by atoms with Gasteiger partial charge >= 0.3 is 5.97 Å². The van der Waals surface area contributed by atoms with Gasteiger partial charge in [-0.2, -0.15) is 0 Å². The van der Waals surface area contributed by atoms with Crippen LogP contribution in [0.1, 0.15) is 32.1 Å². The lowest BCUT2D eigenvalue weighted by Gasteiger charge is -2.29. The van der Waals surface area contributed by atoms with Crippen molar-refractivity contribution in [3.63, 3.8) is 0 Å². The van der Waals surface area contributed by atoms with Gasteiger partial charge in [-0.3, -0.25) is 4.79 Å². The molecule has 1 saturated heterocycles. The van der Waals surface area contributed by atoms with E-state index in [9.17, 15) is 14.7 Å². The Labute approximate surface area is 75.9 Å². The van der Waals surface area contributed by atoms with Crippen LogP contribution in [0.5, 0.6) is 0 Å². The minimum atomic E-state index is -1.15. The third kappa shape index (κ3) is 1.20. The molecule has 0 aromatic carbocycles. The number of ether oxygens (including phenoxy) is 1. The van der Waals surface area contributed by atoms with E-state index >= 15 is 0 Å². The van der Waals surface area contributed by atoms with E-state index in [1.165, 1.54) is 0 Å². The summed E-state index contributed by atoms with van der Waals surface area (Å²) in [5.74, 6) is -2.26. The van der Waals surface area contributed by atoms with Gasteiger partial charge in [-0.1, -0.05) is 0 Å². The van der Waals surface area contributed by atoms with Crippen molar-refractivity contribution in [1.29, 1.82) is 0 Å². The molecule has 0 aromatic rings. The third-order valence-electron chi connectivity index (χ3n) is 3.06. The van der Waals surface area contributed by atoms with E-state index in [0.29, 0.717) is 12.8 Å². The summed E-state index contributed by atoms with van der Waals surface area (Å²) in [6, 6.07) is 0. The van der Waals surface area contributed by atoms with Crippen LogP contribution < -0.4 is 5.11 Å². The van der Waals surface area contributed by atoms with Crippen molar-refractivity contribution in [3.05, 3.63) is 0 Å². The monoisotopic (exact) mass is 183 g/mol. The van der Waals surface area contributed by atoms with Crippen molar-refractivity contribution in [2.45, 2.75) is 37.7 Å². The SMILES string of the molecule is O=C1C[C@H](C(=O)[O-])C2(CCCC2)O1. The first-order chi connectivity index (χ1) is 6.14. The molecule has 1 heterocycles. The predicted molar refractivity (Wildman–Crippen MR) is 40.4 cm³/mol. The standard InChI is InChI=1S/C9H12O4/c10-7-5-6(8(11)12)9(13-7)3-1-2-4-9/h6H,1-5H2,(H,11,12)/p-1/t6-/m1/s1. The highest BCUT2D eigenvalue weighted by Crippen LogP contribution is 2.45. The number of rotatable bonds is 1. The zero-order chi connectivity index (χ0) is 9.47. The molecule has 0 unspecified atom stereocenters. The molecule has 1 spiro atoms. The van der Waals surface area contributed by atoms with Gasteiger partial charge in [-0.15, -0.1) is 0 Å². The maximum Gasteiger partial charge on any atom is 0.307 e. The van der Waals surface area contributed by atoms with Gasteiger partial charge in [0, 0.05) is 11.9 Å². The van der Waals surface area contributed by atoms with Gasteiger partial charge in [0.25, 0.3) is 0 Å². The van der Waals surface area contributed by atoms with E-state index < -0.39 is 23.5 Å². The third-order valence-corrected chi connectivity index (χ3v) is 3.06. The molecule has 13 heavy (non-hydrogen) atoms. The van der Waals surface area contributed by atoms with Crippen molar-refractivity contribution in [1.82, 2.24) is 0 Å². The lowest BCUT2D eigenvalue weighted by Crippen LogP contribution is -2.43. The van der Waals surface area contributed by atoms with Gasteiger partial charge < -0.3 is 14.6 Å². The van der Waals surface area contributed by atoms with Gasteiger partial charge in [0.15, 0.2) is 0 Å². The summed E-state index contributed by atoms with van der Waals surface area (Å²) in [5, 5.41) is 10.8. The number of aliphatic carboxylic acids is 1. The summed E-state index contributed by atoms with van der Waals surface area (Å²) in [6.07, 6.45) is 3.23. The number of hydrogen-bond donors (Lipinski definition) is 0. The molecule has 1 aliphatic heterocycles. The Morgan fingerprint density at radius 2 is 2.08 bits per heavy atom. The first kappa shape index (κ1) is 8.53. The second-order valence-corrected chi connectivity index (χ2v) is 3.82. The van der Waals surface area contributed by atoms with Gasteiger partial charge in [0.1, 0.15) is 5.60 Å². The highest BCUT2D eigenvalue weighted by molar-refractivity contribution is 5.82. The number of esters is 1. The van der Waals surface area contributed by atoms with E-state index in [1.807, 2.05) is 0 Å². The van der Waals surface area contributed by atoms with Crippen LogP contribution in [-0.4, -0.2) is 17.5 Å². The van der Waals surface area contributed by atoms with Gasteiger partial charge in [-0.05, 0) is 25.7 Å². The van der Waals surface area contributed by atoms with E-state index in [2.05, 4.69) is 0 Å². The van der Waals surface area contributed by atoms with E-state index in [1.54, 1.807) is 0 Å². The van der Waals surface area contributed by atoms with Crippen LogP contribution in [0.3, 0.4) is 0 Å². The fourth-order valence-electron chi connectivity index (χ4n) is 2.41. The summed E-state index contributed by atoms with van der Waals surface area (Å²) in [5.41, 5.74) is -0.712. The highest BCUT2D eigenvalue weighted by Gasteiger charge is 2.51. The van der Waals surface area contributed by atoms with Crippen LogP contribution >= 0.6 is 0 Å². The van der Waals surface area contributed by atoms with Crippen molar-refractivity contribution in [2.75, 3.05) is 0 Å². The Kier molecular flexibility index (Phi) is 1.78. The molecular weight excluding hydrogens is 172 g/mol. The number of carboxylic acids is 1. The molecule has 1 aliphatic carbocycles. The molecule has 1 saturated carbocycles. The predicted octanol–water partition coefficient (Wildman–Crippen LogP) is -0.388. The minimum absolute atomic E-state index is 0.0116. The number of carboxylic acid groups (broad SMARTS) is 1. The van der Waals surface area contributed by atoms with Crippen molar-refractivity contribution < 1.29 is 19.4 Å². The van der Waals surface area contributed by atoms with Crippen molar-refractivity contribution in [3.8, 4) is 0 Å². The first-order valence-corrected chi connectivity index (χ1v) is 4.57. The van der Waals surface area contributed by atoms with Gasteiger partial charge in [0.2, 0.25) is 0 Å². The van der Waals surface area contributed by atoms with E-state index in [4.69, 9.17) is 4.74 Å². The highest BCUT2D eigenvalue weighted by atomic mass is 16.6. The molecule has 4 nitrogen and oxygen atoms in total. The Morgan fingerprint density at radius 1 is 1.46 bits per heavy atom. The lowest BCUT2D eigenvalue weighted by molar-refractivity contribution is -0.315. The molecule has 0 radical (unpaired) electrons. The second-order valence-electron chi connectivity index (χ2n) is 3.82. The molecule has 0 amide bonds. The quantitative estimate of drug-likeness (QED) is 0.519. The molecule has 2 aliphatic rings. The van der Waals surface area contributed by atoms with Gasteiger partial charge in [0.05, 0.1) is 6.42 Å². The molecule has 4 heteroatoms. The maximum absolute atomic E-state index is 11.0. The topological polar surface area (TPSA) is 66.4 Å². The number of carbonyl (C=O) groups excluding carboxylic acids is 2. The Balaban J connectivity index is 2.25. The summed E-state index contributed by atoms with van der Waals surface area (Å²) in [4.78, 5) is 21.8. The molecule has 0 aromatic heterocycles. The molecule has 2 fully saturated rings. The Bertz CT molecular complexity index is 252. The zero-order valence-corrected chi connectivity index (χ0v) is 7.25. The zero-order valence-electron chi connectivity index (χ0n) is 7.25. The van der Waals surface area contributed by atoms with Crippen molar-refractivity contribution in [2.24, 2.45) is 5.92 Å². The number of carbonyl (C=O) groups is 2. The number of hydrogen-bond acceptors (Lipinski definition) is 4. The Morgan fingerprint density at radius 3 is 2.62 bits per heavy atom. The minimum Gasteiger partial charge on any atom is -0.550 e. The van der Waals surface area contributed by atoms with Crippen LogP contribution in [0, 0.1) is 5.92 Å². The summed E-state index contributed by atoms with van der Waals surface area (Å²) >= 11 is 0. The van der Waals surface area contributed by atoms with Crippen LogP contribution in [0.15, 0.2) is 0 Å². The van der Waals surface area contributed by atoms with Crippen LogP contribution in [0.4, 0.5) is 0 Å². The summed E-state index contributed by atoms with van der Waals surface area (Å²) < 4.78 is 5.12. The molecular formula is C9H11O4-. The fraction of sp³-hybridized carbons (Fsp3) is 0.778. The molecule has 72 valence electrons. The second kappa shape index (κ2) is 2.72. The maximum atomic E-state index is 11.0. The van der Waals surface area contributed by atoms with Gasteiger partial charge in [-0.25, -0.2) is 0 Å². The summed E-state index contributed by atoms with van der Waals surface area (Å²) in [6.45, 7) is 0. The summed E-state index contributed by atoms with van der Waals surface area (Å²) in [7, 11) is 0. The largest absolute Gasteiger partial charge is 0.550 e. The normalized spacial score (nSPS) is 30.8. The molecule has 0 N–H and O–H groups in total. The average Bonchev–Trinajstić information content (AvgIpc) is 2.60. The molecule has 0 bridgehead atoms. The average molecular weight is 183 g/mol. The van der Waals surface area contributed by atoms with E-state index in [0.717, 1.165) is 12.8 Å². The smallest absolute Gasteiger partial charge is 0.307 e. The van der Waals surface area contributed by atoms with E-state index in [-0.39, 0.29) is 6.42 Å². The van der Waals surface area contributed by atoms with Crippen LogP contribution in [-0.2, 0) is 14.3 Å². The Hall–Kier alpha value is -1.06. The first-order valence-electron chi connectivity index (χ1n) is 4.57. The molecule has 2 rings (SSSR count).